The number of hydrogen-bond acceptors (Lipinski definition) is 3. The highest BCUT2D eigenvalue weighted by Crippen LogP contribution is 1.72. The second-order valence-electron chi connectivity index (χ2n) is 1.95. The van der Waals surface area contributed by atoms with E-state index in [9.17, 15) is 0 Å². The van der Waals surface area contributed by atoms with Gasteiger partial charge < -0.3 is 5.11 Å². The maximum absolute atomic E-state index is 7.88. The zero-order chi connectivity index (χ0) is 8.41. The topological polar surface area (TPSA) is 32.7 Å². The van der Waals surface area contributed by atoms with Crippen molar-refractivity contribution in [2.24, 2.45) is 0 Å². The van der Waals surface area contributed by atoms with E-state index in [0.717, 1.165) is 13.0 Å². The van der Waals surface area contributed by atoms with E-state index in [2.05, 4.69) is 0 Å². The van der Waals surface area contributed by atoms with E-state index in [-0.39, 0.29) is 0 Å². The van der Waals surface area contributed by atoms with Crippen LogP contribution in [0.3, 0.4) is 0 Å². The van der Waals surface area contributed by atoms with Gasteiger partial charge in [-0.05, 0) is 13.3 Å². The van der Waals surface area contributed by atoms with Gasteiger partial charge in [0.05, 0.1) is 6.61 Å². The molecule has 0 saturated carbocycles. The monoisotopic (exact) mass is 149 g/mol. The first-order valence-corrected chi connectivity index (χ1v) is 3.60. The average molecular weight is 149 g/mol. The lowest BCUT2D eigenvalue weighted by Gasteiger charge is -2.05. The Kier molecular flexibility index (Phi) is 14.6. The maximum atomic E-state index is 7.88. The van der Waals surface area contributed by atoms with Crippen LogP contribution in [0, 0.1) is 0 Å². The fourth-order valence-electron chi connectivity index (χ4n) is 0.258. The molecule has 0 heterocycles. The van der Waals surface area contributed by atoms with Gasteiger partial charge in [-0.3, -0.25) is 4.84 Å². The molecule has 0 aromatic carbocycles. The van der Waals surface area contributed by atoms with Gasteiger partial charge >= 0.3 is 0 Å². The zero-order valence-corrected chi connectivity index (χ0v) is 7.42. The highest BCUT2D eigenvalue weighted by molar-refractivity contribution is 4.10. The third kappa shape index (κ3) is 24.8. The molecule has 0 radical (unpaired) electrons. The van der Waals surface area contributed by atoms with Crippen LogP contribution in [0.5, 0.6) is 0 Å². The second kappa shape index (κ2) is 11.6. The normalized spacial score (nSPS) is 9.00. The van der Waals surface area contributed by atoms with E-state index < -0.39 is 0 Å². The molecule has 0 fully saturated rings. The molecule has 0 aromatic heterocycles. The third-order valence-electron chi connectivity index (χ3n) is 0.611. The van der Waals surface area contributed by atoms with Crippen LogP contribution in [0.4, 0.5) is 0 Å². The summed E-state index contributed by atoms with van der Waals surface area (Å²) >= 11 is 0. The Morgan fingerprint density at radius 1 is 1.30 bits per heavy atom. The summed E-state index contributed by atoms with van der Waals surface area (Å²) in [6, 6.07) is 0. The lowest BCUT2D eigenvalue weighted by Crippen LogP contribution is -2.11. The highest BCUT2D eigenvalue weighted by atomic mass is 16.7. The van der Waals surface area contributed by atoms with Crippen LogP contribution in [0.2, 0.25) is 0 Å². The second-order valence-corrected chi connectivity index (χ2v) is 1.95. The van der Waals surface area contributed by atoms with Crippen molar-refractivity contribution in [1.82, 2.24) is 5.06 Å². The van der Waals surface area contributed by atoms with Crippen molar-refractivity contribution in [3.63, 3.8) is 0 Å². The van der Waals surface area contributed by atoms with Gasteiger partial charge in [-0.1, -0.05) is 6.92 Å². The van der Waals surface area contributed by atoms with Crippen molar-refractivity contribution in [3.05, 3.63) is 0 Å². The molecule has 0 saturated heterocycles. The Hall–Kier alpha value is -0.120. The van der Waals surface area contributed by atoms with Crippen molar-refractivity contribution >= 4 is 0 Å². The SMILES string of the molecule is CCCO.CCON(C)C. The molecular formula is C7H19NO2. The van der Waals surface area contributed by atoms with Gasteiger partial charge in [0.2, 0.25) is 0 Å². The van der Waals surface area contributed by atoms with Crippen LogP contribution in [-0.4, -0.2) is 37.5 Å². The number of hydroxylamine groups is 2. The Morgan fingerprint density at radius 2 is 1.70 bits per heavy atom. The van der Waals surface area contributed by atoms with E-state index >= 15 is 0 Å². The predicted octanol–water partition coefficient (Wildman–Crippen LogP) is 0.888. The Labute approximate surface area is 63.6 Å². The quantitative estimate of drug-likeness (QED) is 0.605. The summed E-state index contributed by atoms with van der Waals surface area (Å²) in [7, 11) is 3.73. The van der Waals surface area contributed by atoms with E-state index in [4.69, 9.17) is 9.94 Å². The van der Waals surface area contributed by atoms with Gasteiger partial charge in [0.25, 0.3) is 0 Å². The van der Waals surface area contributed by atoms with Crippen molar-refractivity contribution in [3.8, 4) is 0 Å². The molecule has 0 bridgehead atoms. The number of aliphatic hydroxyl groups excluding tert-OH is 1. The fourth-order valence-corrected chi connectivity index (χ4v) is 0.258. The van der Waals surface area contributed by atoms with Crippen LogP contribution >= 0.6 is 0 Å². The third-order valence-corrected chi connectivity index (χ3v) is 0.611. The van der Waals surface area contributed by atoms with Gasteiger partial charge in [0, 0.05) is 20.7 Å². The van der Waals surface area contributed by atoms with Gasteiger partial charge in [-0.15, -0.1) is 0 Å². The molecule has 0 amide bonds. The first-order chi connectivity index (χ1) is 4.68. The maximum Gasteiger partial charge on any atom is 0.0656 e. The summed E-state index contributed by atoms with van der Waals surface area (Å²) in [4.78, 5) is 4.88. The Bertz CT molecular complexity index is 46.9. The molecule has 0 spiro atoms. The number of hydrogen-bond donors (Lipinski definition) is 1. The van der Waals surface area contributed by atoms with Gasteiger partial charge in [0.15, 0.2) is 0 Å². The van der Waals surface area contributed by atoms with Crippen molar-refractivity contribution in [1.29, 1.82) is 0 Å². The predicted molar refractivity (Wildman–Crippen MR) is 42.7 cm³/mol. The molecular weight excluding hydrogens is 130 g/mol. The molecule has 0 unspecified atom stereocenters. The molecule has 3 heteroatoms. The molecule has 1 N–H and O–H groups in total. The molecule has 0 aliphatic carbocycles. The molecule has 0 aliphatic heterocycles. The summed E-state index contributed by atoms with van der Waals surface area (Å²) in [6.45, 7) is 4.97. The number of nitrogens with zero attached hydrogens (tertiary/aromatic N) is 1. The summed E-state index contributed by atoms with van der Waals surface area (Å²) in [5.74, 6) is 0. The lowest BCUT2D eigenvalue weighted by atomic mass is 10.5. The Balaban J connectivity index is 0. The van der Waals surface area contributed by atoms with Gasteiger partial charge in [-0.25, -0.2) is 0 Å². The molecule has 3 nitrogen and oxygen atoms in total. The first-order valence-electron chi connectivity index (χ1n) is 3.60. The molecule has 0 rings (SSSR count). The zero-order valence-electron chi connectivity index (χ0n) is 7.42. The summed E-state index contributed by atoms with van der Waals surface area (Å²) < 4.78 is 0. The minimum Gasteiger partial charge on any atom is -0.396 e. The van der Waals surface area contributed by atoms with E-state index in [1.54, 1.807) is 5.06 Å². The van der Waals surface area contributed by atoms with Gasteiger partial charge in [0.1, 0.15) is 0 Å². The first kappa shape index (κ1) is 12.5. The van der Waals surface area contributed by atoms with Crippen molar-refractivity contribution in [2.45, 2.75) is 20.3 Å². The number of aliphatic hydroxyl groups is 1. The minimum atomic E-state index is 0.319. The van der Waals surface area contributed by atoms with Crippen LogP contribution < -0.4 is 0 Å². The van der Waals surface area contributed by atoms with E-state index in [0.29, 0.717) is 6.61 Å². The molecule has 10 heavy (non-hydrogen) atoms. The standard InChI is InChI=1S/C4H11NO.C3H8O/c1-4-6-5(2)3;1-2-3-4/h4H2,1-3H3;4H,2-3H2,1H3. The highest BCUT2D eigenvalue weighted by Gasteiger charge is 1.77. The number of rotatable bonds is 3. The van der Waals surface area contributed by atoms with E-state index in [1.807, 2.05) is 27.9 Å². The average Bonchev–Trinajstić information content (AvgIpc) is 1.89. The summed E-state index contributed by atoms with van der Waals surface area (Å²) in [6.07, 6.45) is 0.875. The van der Waals surface area contributed by atoms with Crippen molar-refractivity contribution < 1.29 is 9.94 Å². The largest absolute Gasteiger partial charge is 0.396 e. The van der Waals surface area contributed by atoms with Crippen molar-refractivity contribution in [2.75, 3.05) is 27.3 Å². The lowest BCUT2D eigenvalue weighted by molar-refractivity contribution is -0.113. The van der Waals surface area contributed by atoms with Crippen LogP contribution in [-0.2, 0) is 4.84 Å². The molecule has 0 atom stereocenters. The molecule has 64 valence electrons. The van der Waals surface area contributed by atoms with Crippen LogP contribution in [0.1, 0.15) is 20.3 Å². The molecule has 0 aromatic rings. The fraction of sp³-hybridized carbons (Fsp3) is 1.00. The van der Waals surface area contributed by atoms with Crippen LogP contribution in [0.15, 0.2) is 0 Å². The van der Waals surface area contributed by atoms with Crippen LogP contribution in [0.25, 0.3) is 0 Å². The minimum absolute atomic E-state index is 0.319. The summed E-state index contributed by atoms with van der Waals surface area (Å²) in [5, 5.41) is 9.56. The Morgan fingerprint density at radius 3 is 1.70 bits per heavy atom. The smallest absolute Gasteiger partial charge is 0.0656 e. The van der Waals surface area contributed by atoms with E-state index in [1.165, 1.54) is 0 Å². The van der Waals surface area contributed by atoms with Gasteiger partial charge in [-0.2, -0.15) is 5.06 Å². The summed E-state index contributed by atoms with van der Waals surface area (Å²) in [5.41, 5.74) is 0. The molecule has 0 aliphatic rings.